The first kappa shape index (κ1) is 15.1. The molecule has 0 bridgehead atoms. The van der Waals surface area contributed by atoms with Crippen LogP contribution in [0.3, 0.4) is 0 Å². The number of benzene rings is 2. The molecule has 0 aromatic heterocycles. The summed E-state index contributed by atoms with van der Waals surface area (Å²) < 4.78 is 7.14. The van der Waals surface area contributed by atoms with E-state index in [9.17, 15) is 0 Å². The third-order valence-corrected chi connectivity index (χ3v) is 3.76. The van der Waals surface area contributed by atoms with E-state index in [4.69, 9.17) is 4.74 Å². The molecule has 2 aromatic rings. The maximum absolute atomic E-state index is 6.12. The molecular formula is C17H20BrNO. The lowest BCUT2D eigenvalue weighted by atomic mass is 10.1. The third-order valence-electron chi connectivity index (χ3n) is 3.27. The standard InChI is InChI=1S/C17H20BrNO/c1-4-19-13(3)15-7-5-6-8-16(15)20-17-11-14(18)10-9-12(17)2/h5-11,13,19H,4H2,1-3H3. The Balaban J connectivity index is 2.31. The molecule has 0 amide bonds. The van der Waals surface area contributed by atoms with Crippen molar-refractivity contribution in [2.45, 2.75) is 26.8 Å². The molecule has 1 N–H and O–H groups in total. The zero-order valence-electron chi connectivity index (χ0n) is 12.1. The van der Waals surface area contributed by atoms with Crippen molar-refractivity contribution in [2.24, 2.45) is 0 Å². The molecule has 106 valence electrons. The monoisotopic (exact) mass is 333 g/mol. The van der Waals surface area contributed by atoms with Crippen LogP contribution in [-0.2, 0) is 0 Å². The summed E-state index contributed by atoms with van der Waals surface area (Å²) in [5.74, 6) is 1.79. The van der Waals surface area contributed by atoms with Crippen molar-refractivity contribution in [1.82, 2.24) is 5.32 Å². The molecule has 0 radical (unpaired) electrons. The van der Waals surface area contributed by atoms with Crippen molar-refractivity contribution < 1.29 is 4.74 Å². The predicted octanol–water partition coefficient (Wildman–Crippen LogP) is 5.22. The van der Waals surface area contributed by atoms with E-state index in [1.54, 1.807) is 0 Å². The summed E-state index contributed by atoms with van der Waals surface area (Å²) in [6, 6.07) is 14.5. The lowest BCUT2D eigenvalue weighted by molar-refractivity contribution is 0.459. The van der Waals surface area contributed by atoms with Crippen molar-refractivity contribution in [2.75, 3.05) is 6.54 Å². The number of hydrogen-bond acceptors (Lipinski definition) is 2. The van der Waals surface area contributed by atoms with Crippen LogP contribution in [0.15, 0.2) is 46.9 Å². The number of ether oxygens (including phenoxy) is 1. The topological polar surface area (TPSA) is 21.3 Å². The van der Waals surface area contributed by atoms with Crippen molar-refractivity contribution in [3.63, 3.8) is 0 Å². The van der Waals surface area contributed by atoms with E-state index in [0.29, 0.717) is 0 Å². The summed E-state index contributed by atoms with van der Waals surface area (Å²) in [5.41, 5.74) is 2.30. The van der Waals surface area contributed by atoms with Crippen molar-refractivity contribution in [1.29, 1.82) is 0 Å². The van der Waals surface area contributed by atoms with Crippen LogP contribution in [0.2, 0.25) is 0 Å². The van der Waals surface area contributed by atoms with Gasteiger partial charge in [0.2, 0.25) is 0 Å². The second kappa shape index (κ2) is 6.91. The van der Waals surface area contributed by atoms with Crippen LogP contribution in [0.5, 0.6) is 11.5 Å². The molecule has 2 nitrogen and oxygen atoms in total. The Bertz CT molecular complexity index is 583. The molecule has 0 aliphatic heterocycles. The molecule has 0 spiro atoms. The molecule has 0 aliphatic rings. The lowest BCUT2D eigenvalue weighted by Crippen LogP contribution is -2.18. The van der Waals surface area contributed by atoms with Gasteiger partial charge in [-0.05, 0) is 44.2 Å². The first-order chi connectivity index (χ1) is 9.61. The van der Waals surface area contributed by atoms with Crippen molar-refractivity contribution >= 4 is 15.9 Å². The average molecular weight is 334 g/mol. The Morgan fingerprint density at radius 2 is 1.90 bits per heavy atom. The zero-order chi connectivity index (χ0) is 14.5. The molecule has 0 aliphatic carbocycles. The molecule has 0 fully saturated rings. The van der Waals surface area contributed by atoms with E-state index in [1.165, 1.54) is 5.56 Å². The van der Waals surface area contributed by atoms with Crippen LogP contribution < -0.4 is 10.1 Å². The van der Waals surface area contributed by atoms with E-state index in [-0.39, 0.29) is 6.04 Å². The Kier molecular flexibility index (Phi) is 5.21. The summed E-state index contributed by atoms with van der Waals surface area (Å²) in [7, 11) is 0. The summed E-state index contributed by atoms with van der Waals surface area (Å²) >= 11 is 3.49. The average Bonchev–Trinajstić information content (AvgIpc) is 2.44. The minimum Gasteiger partial charge on any atom is -0.457 e. The SMILES string of the molecule is CCNC(C)c1ccccc1Oc1cc(Br)ccc1C. The van der Waals surface area contributed by atoms with Crippen LogP contribution in [-0.4, -0.2) is 6.54 Å². The largest absolute Gasteiger partial charge is 0.457 e. The highest BCUT2D eigenvalue weighted by Crippen LogP contribution is 2.32. The molecule has 20 heavy (non-hydrogen) atoms. The van der Waals surface area contributed by atoms with Gasteiger partial charge < -0.3 is 10.1 Å². The predicted molar refractivity (Wildman–Crippen MR) is 87.5 cm³/mol. The van der Waals surface area contributed by atoms with E-state index in [1.807, 2.05) is 30.3 Å². The van der Waals surface area contributed by atoms with Gasteiger partial charge in [0, 0.05) is 16.1 Å². The number of para-hydroxylation sites is 1. The number of halogens is 1. The van der Waals surface area contributed by atoms with Gasteiger partial charge in [-0.15, -0.1) is 0 Å². The van der Waals surface area contributed by atoms with Crippen molar-refractivity contribution in [3.8, 4) is 11.5 Å². The van der Waals surface area contributed by atoms with Crippen LogP contribution in [0.1, 0.15) is 31.0 Å². The first-order valence-corrected chi connectivity index (χ1v) is 7.67. The Hall–Kier alpha value is -1.32. The molecule has 0 heterocycles. The number of aryl methyl sites for hydroxylation is 1. The van der Waals surface area contributed by atoms with Crippen LogP contribution in [0.4, 0.5) is 0 Å². The van der Waals surface area contributed by atoms with Crippen LogP contribution >= 0.6 is 15.9 Å². The van der Waals surface area contributed by atoms with Gasteiger partial charge in [-0.3, -0.25) is 0 Å². The van der Waals surface area contributed by atoms with E-state index in [0.717, 1.165) is 28.1 Å². The number of hydrogen-bond donors (Lipinski definition) is 1. The second-order valence-corrected chi connectivity index (χ2v) is 5.74. The molecule has 0 saturated carbocycles. The smallest absolute Gasteiger partial charge is 0.132 e. The highest BCUT2D eigenvalue weighted by Gasteiger charge is 2.11. The Labute approximate surface area is 129 Å². The van der Waals surface area contributed by atoms with Gasteiger partial charge in [-0.1, -0.05) is 47.1 Å². The molecule has 3 heteroatoms. The van der Waals surface area contributed by atoms with Gasteiger partial charge >= 0.3 is 0 Å². The highest BCUT2D eigenvalue weighted by atomic mass is 79.9. The van der Waals surface area contributed by atoms with Gasteiger partial charge in [0.05, 0.1) is 0 Å². The third kappa shape index (κ3) is 3.62. The van der Waals surface area contributed by atoms with E-state index < -0.39 is 0 Å². The fraction of sp³-hybridized carbons (Fsp3) is 0.294. The summed E-state index contributed by atoms with van der Waals surface area (Å²) in [6.07, 6.45) is 0. The van der Waals surface area contributed by atoms with E-state index >= 15 is 0 Å². The molecule has 2 aromatic carbocycles. The minimum absolute atomic E-state index is 0.267. The van der Waals surface area contributed by atoms with E-state index in [2.05, 4.69) is 54.2 Å². The van der Waals surface area contributed by atoms with Crippen molar-refractivity contribution in [3.05, 3.63) is 58.1 Å². The summed E-state index contributed by atoms with van der Waals surface area (Å²) in [6.45, 7) is 7.25. The van der Waals surface area contributed by atoms with Crippen LogP contribution in [0.25, 0.3) is 0 Å². The van der Waals surface area contributed by atoms with Gasteiger partial charge in [0.15, 0.2) is 0 Å². The maximum atomic E-state index is 6.12. The maximum Gasteiger partial charge on any atom is 0.132 e. The fourth-order valence-corrected chi connectivity index (χ4v) is 2.49. The molecule has 1 unspecified atom stereocenters. The molecule has 0 saturated heterocycles. The highest BCUT2D eigenvalue weighted by molar-refractivity contribution is 9.10. The van der Waals surface area contributed by atoms with Gasteiger partial charge in [0.25, 0.3) is 0 Å². The van der Waals surface area contributed by atoms with Gasteiger partial charge in [0.1, 0.15) is 11.5 Å². The Morgan fingerprint density at radius 3 is 2.65 bits per heavy atom. The quantitative estimate of drug-likeness (QED) is 0.809. The summed E-state index contributed by atoms with van der Waals surface area (Å²) in [4.78, 5) is 0. The van der Waals surface area contributed by atoms with Crippen LogP contribution in [0, 0.1) is 6.92 Å². The lowest BCUT2D eigenvalue weighted by Gasteiger charge is -2.18. The zero-order valence-corrected chi connectivity index (χ0v) is 13.7. The molecular weight excluding hydrogens is 314 g/mol. The first-order valence-electron chi connectivity index (χ1n) is 6.88. The minimum atomic E-state index is 0.267. The molecule has 1 atom stereocenters. The Morgan fingerprint density at radius 1 is 1.15 bits per heavy atom. The van der Waals surface area contributed by atoms with Gasteiger partial charge in [-0.25, -0.2) is 0 Å². The number of nitrogens with one attached hydrogen (secondary N) is 1. The summed E-state index contributed by atoms with van der Waals surface area (Å²) in [5, 5.41) is 3.42. The molecule has 2 rings (SSSR count). The van der Waals surface area contributed by atoms with Gasteiger partial charge in [-0.2, -0.15) is 0 Å². The second-order valence-electron chi connectivity index (χ2n) is 4.83. The fourth-order valence-electron chi connectivity index (χ4n) is 2.15. The normalized spacial score (nSPS) is 12.2. The number of rotatable bonds is 5.